The molecule has 0 saturated carbocycles. The van der Waals surface area contributed by atoms with Gasteiger partial charge < -0.3 is 10.1 Å². The van der Waals surface area contributed by atoms with Crippen LogP contribution in [0.25, 0.3) is 0 Å². The average molecular weight is 170 g/mol. The Kier molecular flexibility index (Phi) is 4.95. The number of hydrogen-bond donors (Lipinski definition) is 1. The van der Waals surface area contributed by atoms with Crippen LogP contribution in [0.1, 0.15) is 6.42 Å². The fourth-order valence-electron chi connectivity index (χ4n) is 1.06. The van der Waals surface area contributed by atoms with Crippen molar-refractivity contribution in [3.8, 4) is 0 Å². The maximum absolute atomic E-state index is 12.7. The number of ether oxygens (including phenoxy) is 1. The third-order valence-electron chi connectivity index (χ3n) is 1.65. The van der Waals surface area contributed by atoms with Gasteiger partial charge in [-0.1, -0.05) is 0 Å². The van der Waals surface area contributed by atoms with E-state index in [2.05, 4.69) is 5.32 Å². The van der Waals surface area contributed by atoms with Crippen molar-refractivity contribution in [2.45, 2.75) is 18.7 Å². The molecule has 10 heavy (non-hydrogen) atoms. The van der Waals surface area contributed by atoms with E-state index in [-0.39, 0.29) is 18.5 Å². The fourth-order valence-corrected chi connectivity index (χ4v) is 1.06. The van der Waals surface area contributed by atoms with Crippen LogP contribution < -0.4 is 5.32 Å². The molecule has 2 nitrogen and oxygen atoms in total. The lowest BCUT2D eigenvalue weighted by atomic mass is 10.1. The number of nitrogens with one attached hydrogen (secondary N) is 1. The molecule has 0 aromatic heterocycles. The molecule has 1 fully saturated rings. The number of rotatable bonds is 1. The first kappa shape index (κ1) is 10.1. The summed E-state index contributed by atoms with van der Waals surface area (Å²) in [4.78, 5) is 0. The molecule has 0 amide bonds. The van der Waals surface area contributed by atoms with Gasteiger partial charge in [-0.3, -0.25) is 0 Å². The molecule has 4 heteroatoms. The molecule has 1 rings (SSSR count). The predicted molar refractivity (Wildman–Crippen MR) is 40.4 cm³/mol. The lowest BCUT2D eigenvalue weighted by Gasteiger charge is -2.24. The van der Waals surface area contributed by atoms with Crippen LogP contribution in [0.3, 0.4) is 0 Å². The first-order valence-corrected chi connectivity index (χ1v) is 3.22. The number of halogens is 2. The van der Waals surface area contributed by atoms with Gasteiger partial charge in [-0.05, 0) is 13.0 Å². The number of methoxy groups -OCH3 is 1. The van der Waals surface area contributed by atoms with Gasteiger partial charge in [-0.2, -0.15) is 0 Å². The molecule has 0 unspecified atom stereocenters. The molecule has 1 N–H and O–H groups in total. The SMILES string of the molecule is CO[C@H]1CCNC[C@H]1F.Cl. The summed E-state index contributed by atoms with van der Waals surface area (Å²) >= 11 is 0. The van der Waals surface area contributed by atoms with E-state index in [9.17, 15) is 4.39 Å². The van der Waals surface area contributed by atoms with Gasteiger partial charge in [0, 0.05) is 13.7 Å². The Labute approximate surface area is 66.5 Å². The lowest BCUT2D eigenvalue weighted by molar-refractivity contribution is 0.0132. The van der Waals surface area contributed by atoms with Crippen molar-refractivity contribution in [3.63, 3.8) is 0 Å². The van der Waals surface area contributed by atoms with E-state index in [4.69, 9.17) is 4.74 Å². The topological polar surface area (TPSA) is 21.3 Å². The third-order valence-corrected chi connectivity index (χ3v) is 1.65. The summed E-state index contributed by atoms with van der Waals surface area (Å²) in [5.41, 5.74) is 0. The largest absolute Gasteiger partial charge is 0.378 e. The normalized spacial score (nSPS) is 33.0. The van der Waals surface area contributed by atoms with E-state index in [1.165, 1.54) is 0 Å². The van der Waals surface area contributed by atoms with Crippen LogP contribution in [-0.2, 0) is 4.74 Å². The van der Waals surface area contributed by atoms with Crippen LogP contribution >= 0.6 is 12.4 Å². The van der Waals surface area contributed by atoms with Gasteiger partial charge in [0.2, 0.25) is 0 Å². The maximum atomic E-state index is 12.7. The molecule has 2 atom stereocenters. The highest BCUT2D eigenvalue weighted by Gasteiger charge is 2.23. The quantitative estimate of drug-likeness (QED) is 0.626. The summed E-state index contributed by atoms with van der Waals surface area (Å²) in [6.07, 6.45) is -0.201. The van der Waals surface area contributed by atoms with Gasteiger partial charge >= 0.3 is 0 Å². The van der Waals surface area contributed by atoms with E-state index >= 15 is 0 Å². The van der Waals surface area contributed by atoms with Crippen molar-refractivity contribution in [1.29, 1.82) is 0 Å². The Balaban J connectivity index is 0.000000810. The standard InChI is InChI=1S/C6H12FNO.ClH/c1-9-6-2-3-8-4-5(6)7;/h5-6,8H,2-4H2,1H3;1H/t5-,6+;/m1./s1. The van der Waals surface area contributed by atoms with E-state index in [0.717, 1.165) is 13.0 Å². The lowest BCUT2D eigenvalue weighted by Crippen LogP contribution is -2.42. The van der Waals surface area contributed by atoms with Crippen LogP contribution in [0, 0.1) is 0 Å². The monoisotopic (exact) mass is 169 g/mol. The smallest absolute Gasteiger partial charge is 0.139 e. The second kappa shape index (κ2) is 4.88. The van der Waals surface area contributed by atoms with Crippen LogP contribution in [0.4, 0.5) is 4.39 Å². The zero-order chi connectivity index (χ0) is 6.69. The Hall–Kier alpha value is 0.140. The van der Waals surface area contributed by atoms with E-state index in [0.29, 0.717) is 6.54 Å². The molecule has 0 aromatic carbocycles. The predicted octanol–water partition coefficient (Wildman–Crippen LogP) is 0.755. The molecular formula is C6H13ClFNO. The molecule has 1 heterocycles. The molecule has 1 aliphatic rings. The first-order chi connectivity index (χ1) is 4.34. The molecule has 0 radical (unpaired) electrons. The van der Waals surface area contributed by atoms with Crippen molar-refractivity contribution in [1.82, 2.24) is 5.32 Å². The molecule has 62 valence electrons. The number of piperidine rings is 1. The zero-order valence-corrected chi connectivity index (χ0v) is 6.79. The zero-order valence-electron chi connectivity index (χ0n) is 5.97. The van der Waals surface area contributed by atoms with E-state index in [1.807, 2.05) is 0 Å². The molecule has 1 saturated heterocycles. The minimum atomic E-state index is -0.816. The van der Waals surface area contributed by atoms with Crippen molar-refractivity contribution in [2.24, 2.45) is 0 Å². The van der Waals surface area contributed by atoms with Gasteiger partial charge in [-0.15, -0.1) is 12.4 Å². The van der Waals surface area contributed by atoms with Crippen LogP contribution in [0.5, 0.6) is 0 Å². The summed E-state index contributed by atoms with van der Waals surface area (Å²) < 4.78 is 17.5. The number of alkyl halides is 1. The Morgan fingerprint density at radius 2 is 2.30 bits per heavy atom. The van der Waals surface area contributed by atoms with Gasteiger partial charge in [0.25, 0.3) is 0 Å². The van der Waals surface area contributed by atoms with Crippen LogP contribution in [0.15, 0.2) is 0 Å². The maximum Gasteiger partial charge on any atom is 0.139 e. The van der Waals surface area contributed by atoms with Gasteiger partial charge in [0.1, 0.15) is 6.17 Å². The Morgan fingerprint density at radius 1 is 1.60 bits per heavy atom. The van der Waals surface area contributed by atoms with Crippen LogP contribution in [0.2, 0.25) is 0 Å². The van der Waals surface area contributed by atoms with Crippen molar-refractivity contribution in [3.05, 3.63) is 0 Å². The van der Waals surface area contributed by atoms with Gasteiger partial charge in [0.05, 0.1) is 6.10 Å². The molecular weight excluding hydrogens is 157 g/mol. The molecule has 0 bridgehead atoms. The van der Waals surface area contributed by atoms with Gasteiger partial charge in [0.15, 0.2) is 0 Å². The van der Waals surface area contributed by atoms with Crippen LogP contribution in [-0.4, -0.2) is 32.5 Å². The van der Waals surface area contributed by atoms with E-state index < -0.39 is 6.17 Å². The second-order valence-electron chi connectivity index (χ2n) is 2.28. The van der Waals surface area contributed by atoms with Crippen molar-refractivity contribution < 1.29 is 9.13 Å². The Morgan fingerprint density at radius 3 is 2.70 bits per heavy atom. The van der Waals surface area contributed by atoms with E-state index in [1.54, 1.807) is 7.11 Å². The minimum Gasteiger partial charge on any atom is -0.378 e. The summed E-state index contributed by atoms with van der Waals surface area (Å²) in [5.74, 6) is 0. The number of hydrogen-bond acceptors (Lipinski definition) is 2. The highest BCUT2D eigenvalue weighted by Crippen LogP contribution is 2.09. The third kappa shape index (κ3) is 2.40. The highest BCUT2D eigenvalue weighted by molar-refractivity contribution is 5.85. The summed E-state index contributed by atoms with van der Waals surface area (Å²) in [6, 6.07) is 0. The molecule has 0 aromatic rings. The van der Waals surface area contributed by atoms with Gasteiger partial charge in [-0.25, -0.2) is 4.39 Å². The highest BCUT2D eigenvalue weighted by atomic mass is 35.5. The molecule has 1 aliphatic heterocycles. The first-order valence-electron chi connectivity index (χ1n) is 3.22. The Bertz CT molecular complexity index is 93.8. The second-order valence-corrected chi connectivity index (χ2v) is 2.28. The van der Waals surface area contributed by atoms with Crippen molar-refractivity contribution >= 4 is 12.4 Å². The average Bonchev–Trinajstić information content (AvgIpc) is 1.89. The molecule has 0 spiro atoms. The summed E-state index contributed by atoms with van der Waals surface area (Å²) in [5, 5.41) is 2.94. The summed E-state index contributed by atoms with van der Waals surface area (Å²) in [6.45, 7) is 1.32. The molecule has 0 aliphatic carbocycles. The van der Waals surface area contributed by atoms with Crippen molar-refractivity contribution in [2.75, 3.05) is 20.2 Å². The summed E-state index contributed by atoms with van der Waals surface area (Å²) in [7, 11) is 1.56. The minimum absolute atomic E-state index is 0. The fraction of sp³-hybridized carbons (Fsp3) is 1.00.